The smallest absolute Gasteiger partial charge is 0.363 e. The molecule has 4 aliphatic heterocycles. The van der Waals surface area contributed by atoms with Gasteiger partial charge in [0.15, 0.2) is 5.72 Å². The molecule has 0 bridgehead atoms. The number of likely N-dealkylation sites (N-methyl/N-ethyl adjacent to an activating group) is 1. The molecule has 4 aliphatic rings. The maximum Gasteiger partial charge on any atom is 0.408 e. The Morgan fingerprint density at radius 1 is 1.16 bits per heavy atom. The predicted octanol–water partition coefficient (Wildman–Crippen LogP) is 3.01. The average Bonchev–Trinajstić information content (AvgIpc) is 3.66. The number of hydrogen-bond donors (Lipinski definition) is 2. The van der Waals surface area contributed by atoms with Crippen LogP contribution in [0.25, 0.3) is 0 Å². The number of urea groups is 1. The summed E-state index contributed by atoms with van der Waals surface area (Å²) in [6, 6.07) is 1.18. The van der Waals surface area contributed by atoms with Gasteiger partial charge in [0.1, 0.15) is 11.7 Å². The third-order valence-corrected chi connectivity index (χ3v) is 8.87. The molecule has 0 aromatic carbocycles. The fourth-order valence-corrected chi connectivity index (χ4v) is 6.65. The van der Waals surface area contributed by atoms with E-state index in [1.165, 1.54) is 4.90 Å². The van der Waals surface area contributed by atoms with Gasteiger partial charge in [-0.15, -0.1) is 0 Å². The molecule has 1 aromatic heterocycles. The number of piperazine rings is 1. The quantitative estimate of drug-likeness (QED) is 0.494. The summed E-state index contributed by atoms with van der Waals surface area (Å²) in [5.41, 5.74) is 0.638. The standard InChI is InChI=1S/C30H42F3N7O3/c1-4-23-20-38(28(42)40-14-7-9-25(40)30(31,32)33)16-17-39(23)24-10-12-29(43-5-2,21-8-6-13-34-18-21)36-26(24)27(41)35-22-11-15-37(3)19-22/h6,8,10,12-13,18,22-23,25,36H,4-5,7,9,11,14-17,19-20H2,1-3H3,(H,35,41)/t22-,23+,25-,29?/m0/s1. The second-order valence-electron chi connectivity index (χ2n) is 11.7. The third kappa shape index (κ3) is 6.47. The lowest BCUT2D eigenvalue weighted by Gasteiger charge is -2.46. The first kappa shape index (κ1) is 31.1. The predicted molar refractivity (Wildman–Crippen MR) is 154 cm³/mol. The van der Waals surface area contributed by atoms with Crippen molar-refractivity contribution >= 4 is 11.9 Å². The number of carbonyl (C=O) groups excluding carboxylic acids is 2. The highest BCUT2D eigenvalue weighted by molar-refractivity contribution is 5.94. The topological polar surface area (TPSA) is 93.3 Å². The van der Waals surface area contributed by atoms with Crippen molar-refractivity contribution in [2.24, 2.45) is 0 Å². The van der Waals surface area contributed by atoms with Gasteiger partial charge in [0.2, 0.25) is 0 Å². The first-order chi connectivity index (χ1) is 20.6. The molecule has 1 unspecified atom stereocenters. The number of rotatable bonds is 7. The van der Waals surface area contributed by atoms with Gasteiger partial charge in [-0.25, -0.2) is 4.79 Å². The fraction of sp³-hybridized carbons (Fsp3) is 0.633. The van der Waals surface area contributed by atoms with Crippen molar-refractivity contribution in [2.45, 2.75) is 69.6 Å². The minimum Gasteiger partial charge on any atom is -0.363 e. The summed E-state index contributed by atoms with van der Waals surface area (Å²) in [6.45, 7) is 6.85. The number of halogens is 3. The third-order valence-electron chi connectivity index (χ3n) is 8.87. The largest absolute Gasteiger partial charge is 0.408 e. The fourth-order valence-electron chi connectivity index (χ4n) is 6.65. The van der Waals surface area contributed by atoms with Gasteiger partial charge in [-0.2, -0.15) is 13.2 Å². The van der Waals surface area contributed by atoms with Gasteiger partial charge in [0.05, 0.1) is 5.70 Å². The van der Waals surface area contributed by atoms with E-state index in [2.05, 4.69) is 25.4 Å². The molecule has 3 amide bonds. The van der Waals surface area contributed by atoms with Crippen LogP contribution in [0.1, 0.15) is 45.1 Å². The van der Waals surface area contributed by atoms with Crippen LogP contribution in [-0.2, 0) is 15.3 Å². The lowest BCUT2D eigenvalue weighted by molar-refractivity contribution is -0.170. The van der Waals surface area contributed by atoms with Gasteiger partial charge in [-0.3, -0.25) is 9.78 Å². The van der Waals surface area contributed by atoms with Gasteiger partial charge in [-0.1, -0.05) is 13.0 Å². The van der Waals surface area contributed by atoms with Crippen molar-refractivity contribution in [3.8, 4) is 0 Å². The maximum atomic E-state index is 13.9. The number of pyridine rings is 1. The highest BCUT2D eigenvalue weighted by Crippen LogP contribution is 2.35. The number of alkyl halides is 3. The molecular formula is C30H42F3N7O3. The summed E-state index contributed by atoms with van der Waals surface area (Å²) >= 11 is 0. The first-order valence-corrected chi connectivity index (χ1v) is 15.2. The van der Waals surface area contributed by atoms with Crippen LogP contribution in [0.2, 0.25) is 0 Å². The minimum atomic E-state index is -4.45. The number of hydrogen-bond acceptors (Lipinski definition) is 7. The molecule has 5 rings (SSSR count). The molecule has 0 saturated carbocycles. The van der Waals surface area contributed by atoms with Crippen LogP contribution in [0, 0.1) is 0 Å². The summed E-state index contributed by atoms with van der Waals surface area (Å²) in [4.78, 5) is 38.3. The van der Waals surface area contributed by atoms with Crippen molar-refractivity contribution in [3.05, 3.63) is 53.6 Å². The van der Waals surface area contributed by atoms with E-state index >= 15 is 0 Å². The number of allylic oxidation sites excluding steroid dienone is 1. The van der Waals surface area contributed by atoms with Gasteiger partial charge in [0.25, 0.3) is 5.91 Å². The number of aromatic nitrogens is 1. The number of carbonyl (C=O) groups is 2. The van der Waals surface area contributed by atoms with Crippen molar-refractivity contribution in [1.82, 2.24) is 35.2 Å². The van der Waals surface area contributed by atoms with E-state index < -0.39 is 24.0 Å². The van der Waals surface area contributed by atoms with Crippen LogP contribution in [0.3, 0.4) is 0 Å². The lowest BCUT2D eigenvalue weighted by Crippen LogP contribution is -2.59. The Hall–Kier alpha value is -3.32. The zero-order valence-electron chi connectivity index (χ0n) is 25.1. The number of ether oxygens (including phenoxy) is 1. The van der Waals surface area contributed by atoms with E-state index in [1.54, 1.807) is 12.4 Å². The van der Waals surface area contributed by atoms with Crippen molar-refractivity contribution in [2.75, 3.05) is 52.9 Å². The monoisotopic (exact) mass is 605 g/mol. The summed E-state index contributed by atoms with van der Waals surface area (Å²) in [5.74, 6) is -0.258. The second-order valence-corrected chi connectivity index (χ2v) is 11.7. The van der Waals surface area contributed by atoms with Crippen LogP contribution < -0.4 is 10.6 Å². The van der Waals surface area contributed by atoms with E-state index in [4.69, 9.17) is 4.74 Å². The van der Waals surface area contributed by atoms with Crippen LogP contribution in [-0.4, -0.2) is 114 Å². The van der Waals surface area contributed by atoms with Crippen LogP contribution in [0.15, 0.2) is 48.1 Å². The zero-order valence-corrected chi connectivity index (χ0v) is 25.1. The zero-order chi connectivity index (χ0) is 30.8. The van der Waals surface area contributed by atoms with Gasteiger partial charge < -0.3 is 35.0 Å². The summed E-state index contributed by atoms with van der Waals surface area (Å²) in [6.07, 6.45) is 4.44. The molecule has 10 nitrogen and oxygen atoms in total. The molecule has 2 N–H and O–H groups in total. The molecule has 13 heteroatoms. The number of amides is 3. The molecule has 0 spiro atoms. The molecule has 3 fully saturated rings. The van der Waals surface area contributed by atoms with E-state index in [0.717, 1.165) is 30.0 Å². The highest BCUT2D eigenvalue weighted by atomic mass is 19.4. The van der Waals surface area contributed by atoms with Gasteiger partial charge >= 0.3 is 12.2 Å². The lowest BCUT2D eigenvalue weighted by atomic mass is 9.97. The van der Waals surface area contributed by atoms with Crippen LogP contribution >= 0.6 is 0 Å². The van der Waals surface area contributed by atoms with E-state index in [9.17, 15) is 22.8 Å². The number of nitrogens with zero attached hydrogens (tertiary/aromatic N) is 5. The number of nitrogens with one attached hydrogen (secondary N) is 2. The molecule has 1 aromatic rings. The highest BCUT2D eigenvalue weighted by Gasteiger charge is 2.49. The SMILES string of the molecule is CCOC1(c2cccnc2)C=CC(N2CCN(C(=O)N3CCC[C@H]3C(F)(F)F)C[C@H]2CC)=C(C(=O)N[C@H]2CCN(C)C2)N1. The second kappa shape index (κ2) is 12.7. The normalized spacial score (nSPS) is 28.4. The summed E-state index contributed by atoms with van der Waals surface area (Å²) in [5, 5.41) is 6.60. The molecule has 43 heavy (non-hydrogen) atoms. The van der Waals surface area contributed by atoms with Crippen molar-refractivity contribution in [3.63, 3.8) is 0 Å². The van der Waals surface area contributed by atoms with Gasteiger partial charge in [0, 0.05) is 69.4 Å². The van der Waals surface area contributed by atoms with Gasteiger partial charge in [-0.05, 0) is 64.4 Å². The van der Waals surface area contributed by atoms with Crippen molar-refractivity contribution < 1.29 is 27.5 Å². The minimum absolute atomic E-state index is 0.00248. The Morgan fingerprint density at radius 3 is 2.63 bits per heavy atom. The molecule has 3 saturated heterocycles. The molecular weight excluding hydrogens is 563 g/mol. The average molecular weight is 606 g/mol. The molecule has 0 aliphatic carbocycles. The summed E-state index contributed by atoms with van der Waals surface area (Å²) in [7, 11) is 2.02. The number of likely N-dealkylation sites (tertiary alicyclic amines) is 2. The van der Waals surface area contributed by atoms with E-state index in [1.807, 2.05) is 45.2 Å². The molecule has 5 heterocycles. The Balaban J connectivity index is 1.42. The first-order valence-electron chi connectivity index (χ1n) is 15.2. The maximum absolute atomic E-state index is 13.9. The molecule has 0 radical (unpaired) electrons. The van der Waals surface area contributed by atoms with E-state index in [-0.39, 0.29) is 44.0 Å². The van der Waals surface area contributed by atoms with Crippen molar-refractivity contribution in [1.29, 1.82) is 0 Å². The Morgan fingerprint density at radius 2 is 1.98 bits per heavy atom. The van der Waals surface area contributed by atoms with E-state index in [0.29, 0.717) is 37.4 Å². The summed E-state index contributed by atoms with van der Waals surface area (Å²) < 4.78 is 47.1. The molecule has 236 valence electrons. The van der Waals surface area contributed by atoms with Crippen LogP contribution in [0.5, 0.6) is 0 Å². The Bertz CT molecular complexity index is 1230. The Kier molecular flexibility index (Phi) is 9.21. The number of dihydropyridines is 1. The Labute approximate surface area is 250 Å². The van der Waals surface area contributed by atoms with Crippen LogP contribution in [0.4, 0.5) is 18.0 Å². The molecule has 4 atom stereocenters.